The molecule has 39 heavy (non-hydrogen) atoms. The number of aliphatic hydroxyl groups excluding tert-OH is 1. The lowest BCUT2D eigenvalue weighted by Crippen LogP contribution is -2.29. The van der Waals surface area contributed by atoms with Crippen LogP contribution in [-0.4, -0.2) is 50.3 Å². The van der Waals surface area contributed by atoms with Gasteiger partial charge in [-0.25, -0.2) is 0 Å². The molecule has 2 aliphatic rings. The molecule has 9 nitrogen and oxygen atoms in total. The van der Waals surface area contributed by atoms with Gasteiger partial charge in [-0.05, 0) is 55.8 Å². The van der Waals surface area contributed by atoms with Gasteiger partial charge >= 0.3 is 0 Å². The minimum Gasteiger partial charge on any atom is -0.507 e. The van der Waals surface area contributed by atoms with Crippen LogP contribution in [0.1, 0.15) is 31.0 Å². The van der Waals surface area contributed by atoms with E-state index < -0.39 is 17.7 Å². The molecule has 0 saturated carbocycles. The first-order chi connectivity index (χ1) is 19.0. The van der Waals surface area contributed by atoms with Crippen molar-refractivity contribution in [2.24, 2.45) is 0 Å². The molecule has 0 aromatic heterocycles. The summed E-state index contributed by atoms with van der Waals surface area (Å²) in [7, 11) is 1.55. The van der Waals surface area contributed by atoms with Crippen molar-refractivity contribution in [2.45, 2.75) is 19.9 Å². The average Bonchev–Trinajstić information content (AvgIpc) is 3.23. The summed E-state index contributed by atoms with van der Waals surface area (Å²) in [5.41, 5.74) is 1.25. The number of aliphatic hydroxyl groups is 1. The van der Waals surface area contributed by atoms with Crippen LogP contribution in [0.2, 0.25) is 0 Å². The second-order valence-electron chi connectivity index (χ2n) is 8.79. The highest BCUT2D eigenvalue weighted by Crippen LogP contribution is 2.45. The van der Waals surface area contributed by atoms with Gasteiger partial charge in [0.05, 0.1) is 37.5 Å². The Morgan fingerprint density at radius 1 is 0.897 bits per heavy atom. The van der Waals surface area contributed by atoms with Gasteiger partial charge in [-0.3, -0.25) is 14.5 Å². The topological polar surface area (TPSA) is 104 Å². The van der Waals surface area contributed by atoms with E-state index in [0.717, 1.165) is 0 Å². The number of amides is 1. The number of Topliss-reactive ketones (excluding diaryl/α,β-unsaturated/α-hetero) is 1. The fourth-order valence-electron chi connectivity index (χ4n) is 4.76. The van der Waals surface area contributed by atoms with Gasteiger partial charge in [-0.1, -0.05) is 12.1 Å². The predicted octanol–water partition coefficient (Wildman–Crippen LogP) is 4.89. The van der Waals surface area contributed by atoms with Gasteiger partial charge in [0.25, 0.3) is 11.7 Å². The Balaban J connectivity index is 1.69. The monoisotopic (exact) mass is 531 g/mol. The number of hydrogen-bond acceptors (Lipinski definition) is 8. The van der Waals surface area contributed by atoms with Gasteiger partial charge in [-0.2, -0.15) is 0 Å². The Morgan fingerprint density at radius 2 is 1.59 bits per heavy atom. The van der Waals surface area contributed by atoms with Crippen LogP contribution in [0.25, 0.3) is 5.76 Å². The number of ether oxygens (including phenoxy) is 5. The zero-order chi connectivity index (χ0) is 27.5. The van der Waals surface area contributed by atoms with Gasteiger partial charge in [0.2, 0.25) is 0 Å². The van der Waals surface area contributed by atoms with E-state index >= 15 is 0 Å². The van der Waals surface area contributed by atoms with Crippen LogP contribution in [0, 0.1) is 0 Å². The van der Waals surface area contributed by atoms with Crippen LogP contribution in [0.15, 0.2) is 66.2 Å². The van der Waals surface area contributed by atoms with Crippen LogP contribution in [-0.2, 0) is 9.59 Å². The van der Waals surface area contributed by atoms with Crippen LogP contribution in [0.4, 0.5) is 5.69 Å². The van der Waals surface area contributed by atoms with Gasteiger partial charge in [0.15, 0.2) is 11.5 Å². The number of methoxy groups -OCH3 is 1. The first-order valence-corrected chi connectivity index (χ1v) is 12.7. The molecule has 202 valence electrons. The maximum atomic E-state index is 13.6. The van der Waals surface area contributed by atoms with Crippen LogP contribution in [0.3, 0.4) is 0 Å². The Kier molecular flexibility index (Phi) is 7.31. The third kappa shape index (κ3) is 4.83. The quantitative estimate of drug-likeness (QED) is 0.249. The maximum absolute atomic E-state index is 13.6. The highest BCUT2D eigenvalue weighted by molar-refractivity contribution is 6.51. The lowest BCUT2D eigenvalue weighted by atomic mass is 9.94. The SMILES string of the molecule is CCOc1ccc(/C(O)=C2\C(=O)C(=O)N(c3ccc4c(c3)OCCO4)C2c2ccc(OC)cc2)c(OCC)c1. The zero-order valence-electron chi connectivity index (χ0n) is 21.9. The number of anilines is 1. The van der Waals surface area contributed by atoms with E-state index in [0.29, 0.717) is 66.4 Å². The number of benzene rings is 3. The normalized spacial score (nSPS) is 17.7. The van der Waals surface area contributed by atoms with E-state index in [1.165, 1.54) is 4.90 Å². The largest absolute Gasteiger partial charge is 0.507 e. The smallest absolute Gasteiger partial charge is 0.300 e. The summed E-state index contributed by atoms with van der Waals surface area (Å²) in [6.45, 7) is 5.25. The summed E-state index contributed by atoms with van der Waals surface area (Å²) in [6.07, 6.45) is 0. The Morgan fingerprint density at radius 3 is 2.28 bits per heavy atom. The molecule has 9 heteroatoms. The number of nitrogens with zero attached hydrogens (tertiary/aromatic N) is 1. The van der Waals surface area contributed by atoms with E-state index in [4.69, 9.17) is 23.7 Å². The molecule has 0 bridgehead atoms. The van der Waals surface area contributed by atoms with Gasteiger partial charge in [0.1, 0.15) is 36.2 Å². The highest BCUT2D eigenvalue weighted by Gasteiger charge is 2.47. The first kappa shape index (κ1) is 26.0. The average molecular weight is 532 g/mol. The molecule has 3 aromatic carbocycles. The van der Waals surface area contributed by atoms with E-state index in [1.807, 2.05) is 13.8 Å². The number of carbonyl (C=O) groups excluding carboxylic acids is 2. The lowest BCUT2D eigenvalue weighted by Gasteiger charge is -2.27. The standard InChI is InChI=1S/C30H29NO8/c1-4-36-21-11-12-22(24(17-21)37-5-2)28(32)26-27(18-6-9-20(35-3)10-7-18)31(30(34)29(26)33)19-8-13-23-25(16-19)39-15-14-38-23/h6-13,16-17,27,32H,4-5,14-15H2,1-3H3/b28-26+. The van der Waals surface area contributed by atoms with Crippen molar-refractivity contribution in [2.75, 3.05) is 38.4 Å². The van der Waals surface area contributed by atoms with Gasteiger partial charge in [0, 0.05) is 17.8 Å². The molecule has 1 fully saturated rings. The molecule has 0 aliphatic carbocycles. The summed E-state index contributed by atoms with van der Waals surface area (Å²) >= 11 is 0. The molecule has 2 heterocycles. The highest BCUT2D eigenvalue weighted by atomic mass is 16.6. The maximum Gasteiger partial charge on any atom is 0.300 e. The molecule has 1 unspecified atom stereocenters. The summed E-state index contributed by atoms with van der Waals surface area (Å²) in [5.74, 6) is 0.580. The Labute approximate surface area is 226 Å². The Bertz CT molecular complexity index is 1430. The predicted molar refractivity (Wildman–Crippen MR) is 144 cm³/mol. The molecule has 1 N–H and O–H groups in total. The van der Waals surface area contributed by atoms with Crippen molar-refractivity contribution in [3.63, 3.8) is 0 Å². The van der Waals surface area contributed by atoms with Crippen molar-refractivity contribution in [1.29, 1.82) is 0 Å². The molecule has 0 spiro atoms. The number of carbonyl (C=O) groups is 2. The van der Waals surface area contributed by atoms with E-state index in [9.17, 15) is 14.7 Å². The first-order valence-electron chi connectivity index (χ1n) is 12.7. The fourth-order valence-corrected chi connectivity index (χ4v) is 4.76. The van der Waals surface area contributed by atoms with Crippen LogP contribution in [0.5, 0.6) is 28.7 Å². The van der Waals surface area contributed by atoms with Crippen LogP contribution >= 0.6 is 0 Å². The lowest BCUT2D eigenvalue weighted by molar-refractivity contribution is -0.132. The molecule has 3 aromatic rings. The second-order valence-corrected chi connectivity index (χ2v) is 8.79. The molecular formula is C30H29NO8. The summed E-state index contributed by atoms with van der Waals surface area (Å²) < 4.78 is 28.0. The molecule has 1 atom stereocenters. The zero-order valence-corrected chi connectivity index (χ0v) is 21.9. The Hall–Kier alpha value is -4.66. The fraction of sp³-hybridized carbons (Fsp3) is 0.267. The van der Waals surface area contributed by atoms with Gasteiger partial charge < -0.3 is 28.8 Å². The van der Waals surface area contributed by atoms with Crippen molar-refractivity contribution in [3.8, 4) is 28.7 Å². The summed E-state index contributed by atoms with van der Waals surface area (Å²) in [5, 5.41) is 11.6. The molecule has 1 saturated heterocycles. The van der Waals surface area contributed by atoms with Crippen LogP contribution < -0.4 is 28.6 Å². The second kappa shape index (κ2) is 11.0. The van der Waals surface area contributed by atoms with E-state index in [2.05, 4.69) is 0 Å². The minimum atomic E-state index is -0.931. The summed E-state index contributed by atoms with van der Waals surface area (Å²) in [6, 6.07) is 16.1. The third-order valence-electron chi connectivity index (χ3n) is 6.50. The third-order valence-corrected chi connectivity index (χ3v) is 6.50. The summed E-state index contributed by atoms with van der Waals surface area (Å²) in [4.78, 5) is 28.5. The van der Waals surface area contributed by atoms with Crippen molar-refractivity contribution in [3.05, 3.63) is 77.4 Å². The molecular weight excluding hydrogens is 502 g/mol. The number of rotatable bonds is 8. The molecule has 2 aliphatic heterocycles. The minimum absolute atomic E-state index is 0.0647. The van der Waals surface area contributed by atoms with E-state index in [1.54, 1.807) is 67.8 Å². The molecule has 0 radical (unpaired) electrons. The van der Waals surface area contributed by atoms with Crippen molar-refractivity contribution in [1.82, 2.24) is 0 Å². The number of fused-ring (bicyclic) bond motifs is 1. The van der Waals surface area contributed by atoms with E-state index in [-0.39, 0.29) is 16.9 Å². The number of hydrogen-bond donors (Lipinski definition) is 1. The van der Waals surface area contributed by atoms with Crippen molar-refractivity contribution < 1.29 is 38.4 Å². The number of ketones is 1. The molecule has 5 rings (SSSR count). The molecule has 1 amide bonds. The van der Waals surface area contributed by atoms with Crippen molar-refractivity contribution >= 4 is 23.1 Å². The van der Waals surface area contributed by atoms with Gasteiger partial charge in [-0.15, -0.1) is 0 Å².